The molecule has 0 saturated carbocycles. The smallest absolute Gasteiger partial charge is 0.255 e. The van der Waals surface area contributed by atoms with Gasteiger partial charge in [-0.2, -0.15) is 0 Å². The monoisotopic (exact) mass is 447 g/mol. The Hall–Kier alpha value is -2.41. The summed E-state index contributed by atoms with van der Waals surface area (Å²) < 4.78 is 0. The second-order valence-corrected chi connectivity index (χ2v) is 8.03. The average Bonchev–Trinajstić information content (AvgIpc) is 2.72. The Balaban J connectivity index is 1.43. The minimum absolute atomic E-state index is 0.0103. The highest BCUT2D eigenvalue weighted by molar-refractivity contribution is 6.36. The molecule has 2 aromatic carbocycles. The molecule has 1 fully saturated rings. The van der Waals surface area contributed by atoms with Gasteiger partial charge in [-0.1, -0.05) is 23.2 Å². The number of piperazine rings is 1. The van der Waals surface area contributed by atoms with Crippen LogP contribution in [0.1, 0.15) is 34.1 Å². The number of carbonyl (C=O) groups is 3. The minimum atomic E-state index is -0.108. The van der Waals surface area contributed by atoms with Crippen LogP contribution in [-0.4, -0.2) is 60.1 Å². The van der Waals surface area contributed by atoms with E-state index >= 15 is 0 Å². The van der Waals surface area contributed by atoms with Gasteiger partial charge in [-0.3, -0.25) is 19.3 Å². The summed E-state index contributed by atoms with van der Waals surface area (Å²) in [7, 11) is 0. The standard InChI is InChI=1S/C22H23Cl2N3O3/c1-15(28)16-2-5-18(6-3-16)25-21(29)8-9-26-10-12-27(13-11-26)22(30)19-7-4-17(23)14-20(19)24/h2-7,14H,8-13H2,1H3,(H,25,29). The molecule has 30 heavy (non-hydrogen) atoms. The maximum atomic E-state index is 12.7. The second kappa shape index (κ2) is 10.1. The molecule has 2 aromatic rings. The van der Waals surface area contributed by atoms with Crippen molar-refractivity contribution in [2.24, 2.45) is 0 Å². The molecule has 0 bridgehead atoms. The van der Waals surface area contributed by atoms with Gasteiger partial charge < -0.3 is 10.2 Å². The number of anilines is 1. The van der Waals surface area contributed by atoms with Crippen molar-refractivity contribution in [3.63, 3.8) is 0 Å². The van der Waals surface area contributed by atoms with Crippen molar-refractivity contribution < 1.29 is 14.4 Å². The van der Waals surface area contributed by atoms with Crippen molar-refractivity contribution >= 4 is 46.5 Å². The summed E-state index contributed by atoms with van der Waals surface area (Å²) in [5.74, 6) is -0.205. The van der Waals surface area contributed by atoms with E-state index in [9.17, 15) is 14.4 Å². The van der Waals surface area contributed by atoms with Crippen molar-refractivity contribution in [1.29, 1.82) is 0 Å². The zero-order chi connectivity index (χ0) is 21.7. The van der Waals surface area contributed by atoms with E-state index < -0.39 is 0 Å². The summed E-state index contributed by atoms with van der Waals surface area (Å²) in [5, 5.41) is 3.68. The molecule has 0 aromatic heterocycles. The van der Waals surface area contributed by atoms with Crippen LogP contribution in [0.3, 0.4) is 0 Å². The number of ketones is 1. The molecular weight excluding hydrogens is 425 g/mol. The van der Waals surface area contributed by atoms with Crippen LogP contribution in [0.5, 0.6) is 0 Å². The van der Waals surface area contributed by atoms with Crippen LogP contribution in [0.25, 0.3) is 0 Å². The molecule has 3 rings (SSSR count). The number of nitrogens with zero attached hydrogens (tertiary/aromatic N) is 2. The second-order valence-electron chi connectivity index (χ2n) is 7.19. The molecule has 1 heterocycles. The summed E-state index contributed by atoms with van der Waals surface area (Å²) in [4.78, 5) is 40.1. The number of benzene rings is 2. The molecule has 0 aliphatic carbocycles. The Morgan fingerprint density at radius 3 is 2.23 bits per heavy atom. The molecule has 0 spiro atoms. The summed E-state index contributed by atoms with van der Waals surface area (Å²) in [6.45, 7) is 4.65. The summed E-state index contributed by atoms with van der Waals surface area (Å²) in [6, 6.07) is 11.7. The van der Waals surface area contributed by atoms with Crippen LogP contribution >= 0.6 is 23.2 Å². The molecule has 1 N–H and O–H groups in total. The third kappa shape index (κ3) is 5.81. The topological polar surface area (TPSA) is 69.7 Å². The molecule has 0 radical (unpaired) electrons. The molecule has 158 valence electrons. The van der Waals surface area contributed by atoms with Crippen molar-refractivity contribution in [3.05, 3.63) is 63.6 Å². The predicted molar refractivity (Wildman–Crippen MR) is 118 cm³/mol. The number of carbonyl (C=O) groups excluding carboxylic acids is 3. The van der Waals surface area contributed by atoms with Crippen molar-refractivity contribution in [2.45, 2.75) is 13.3 Å². The Labute approximate surface area is 185 Å². The van der Waals surface area contributed by atoms with E-state index in [1.807, 2.05) is 0 Å². The fourth-order valence-corrected chi connectivity index (χ4v) is 3.77. The van der Waals surface area contributed by atoms with Crippen LogP contribution in [0.2, 0.25) is 10.0 Å². The summed E-state index contributed by atoms with van der Waals surface area (Å²) >= 11 is 12.0. The fraction of sp³-hybridized carbons (Fsp3) is 0.318. The molecule has 8 heteroatoms. The Morgan fingerprint density at radius 2 is 1.63 bits per heavy atom. The third-order valence-electron chi connectivity index (χ3n) is 5.05. The van der Waals surface area contributed by atoms with Gasteiger partial charge in [0.05, 0.1) is 10.6 Å². The molecule has 1 saturated heterocycles. The molecule has 6 nitrogen and oxygen atoms in total. The average molecular weight is 448 g/mol. The minimum Gasteiger partial charge on any atom is -0.336 e. The molecule has 1 aliphatic rings. The number of nitrogens with one attached hydrogen (secondary N) is 1. The maximum absolute atomic E-state index is 12.7. The van der Waals surface area contributed by atoms with Crippen molar-refractivity contribution in [3.8, 4) is 0 Å². The van der Waals surface area contributed by atoms with Gasteiger partial charge in [-0.25, -0.2) is 0 Å². The number of hydrogen-bond acceptors (Lipinski definition) is 4. The van der Waals surface area contributed by atoms with Gasteiger partial charge in [-0.15, -0.1) is 0 Å². The number of rotatable bonds is 6. The van der Waals surface area contributed by atoms with Crippen LogP contribution in [0, 0.1) is 0 Å². The van der Waals surface area contributed by atoms with Crippen molar-refractivity contribution in [2.75, 3.05) is 38.0 Å². The SMILES string of the molecule is CC(=O)c1ccc(NC(=O)CCN2CCN(C(=O)c3ccc(Cl)cc3Cl)CC2)cc1. The quantitative estimate of drug-likeness (QED) is 0.679. The first kappa shape index (κ1) is 22.3. The Morgan fingerprint density at radius 1 is 0.967 bits per heavy atom. The third-order valence-corrected chi connectivity index (χ3v) is 5.60. The van der Waals surface area contributed by atoms with Gasteiger partial charge in [0, 0.05) is 55.4 Å². The fourth-order valence-electron chi connectivity index (χ4n) is 3.28. The largest absolute Gasteiger partial charge is 0.336 e. The molecule has 0 atom stereocenters. The van der Waals surface area contributed by atoms with Crippen LogP contribution in [0.4, 0.5) is 5.69 Å². The molecular formula is C22H23Cl2N3O3. The van der Waals surface area contributed by atoms with E-state index in [-0.39, 0.29) is 17.6 Å². The summed E-state index contributed by atoms with van der Waals surface area (Å²) in [5.41, 5.74) is 1.73. The van der Waals surface area contributed by atoms with Crippen LogP contribution in [0.15, 0.2) is 42.5 Å². The lowest BCUT2D eigenvalue weighted by Gasteiger charge is -2.34. The van der Waals surface area contributed by atoms with Gasteiger partial charge >= 0.3 is 0 Å². The Kier molecular flexibility index (Phi) is 7.48. The first-order chi connectivity index (χ1) is 14.3. The number of halogens is 2. The van der Waals surface area contributed by atoms with Gasteiger partial charge in [0.25, 0.3) is 5.91 Å². The lowest BCUT2D eigenvalue weighted by Crippen LogP contribution is -2.49. The predicted octanol–water partition coefficient (Wildman–Crippen LogP) is 3.98. The molecule has 2 amide bonds. The lowest BCUT2D eigenvalue weighted by molar-refractivity contribution is -0.116. The van der Waals surface area contributed by atoms with E-state index in [0.717, 1.165) is 0 Å². The number of Topliss-reactive ketones (excluding diaryl/α,β-unsaturated/α-hetero) is 1. The van der Waals surface area contributed by atoms with Gasteiger partial charge in [0.2, 0.25) is 5.91 Å². The van der Waals surface area contributed by atoms with Crippen molar-refractivity contribution in [1.82, 2.24) is 9.80 Å². The maximum Gasteiger partial charge on any atom is 0.255 e. The number of hydrogen-bond donors (Lipinski definition) is 1. The van der Waals surface area contributed by atoms with E-state index in [2.05, 4.69) is 10.2 Å². The molecule has 0 unspecified atom stereocenters. The molecule has 1 aliphatic heterocycles. The highest BCUT2D eigenvalue weighted by Crippen LogP contribution is 2.23. The van der Waals surface area contributed by atoms with E-state index in [1.165, 1.54) is 6.92 Å². The van der Waals surface area contributed by atoms with E-state index in [0.29, 0.717) is 66.0 Å². The zero-order valence-corrected chi connectivity index (χ0v) is 18.2. The van der Waals surface area contributed by atoms with Crippen LogP contribution in [-0.2, 0) is 4.79 Å². The Bertz CT molecular complexity index is 939. The van der Waals surface area contributed by atoms with E-state index in [1.54, 1.807) is 47.4 Å². The zero-order valence-electron chi connectivity index (χ0n) is 16.7. The van der Waals surface area contributed by atoms with Crippen LogP contribution < -0.4 is 5.32 Å². The van der Waals surface area contributed by atoms with Gasteiger partial charge in [0.1, 0.15) is 0 Å². The highest BCUT2D eigenvalue weighted by Gasteiger charge is 2.23. The highest BCUT2D eigenvalue weighted by atomic mass is 35.5. The number of amides is 2. The van der Waals surface area contributed by atoms with Gasteiger partial charge in [-0.05, 0) is 49.4 Å². The summed E-state index contributed by atoms with van der Waals surface area (Å²) in [6.07, 6.45) is 0.353. The van der Waals surface area contributed by atoms with E-state index in [4.69, 9.17) is 23.2 Å². The first-order valence-corrected chi connectivity index (χ1v) is 10.5. The van der Waals surface area contributed by atoms with Gasteiger partial charge in [0.15, 0.2) is 5.78 Å². The lowest BCUT2D eigenvalue weighted by atomic mass is 10.1. The first-order valence-electron chi connectivity index (χ1n) is 9.71. The normalized spacial score (nSPS) is 14.4.